The van der Waals surface area contributed by atoms with Crippen LogP contribution in [0, 0.1) is 5.92 Å². The third-order valence-corrected chi connectivity index (χ3v) is 3.30. The number of amides is 2. The topological polar surface area (TPSA) is 58.6 Å². The Balaban J connectivity index is 2.51. The summed E-state index contributed by atoms with van der Waals surface area (Å²) in [5.41, 5.74) is 0. The number of carbonyl (C=O) groups is 2. The summed E-state index contributed by atoms with van der Waals surface area (Å²) in [6.07, 6.45) is 1.83. The van der Waals surface area contributed by atoms with E-state index >= 15 is 0 Å². The van der Waals surface area contributed by atoms with Gasteiger partial charge in [-0.1, -0.05) is 27.2 Å². The van der Waals surface area contributed by atoms with Gasteiger partial charge in [0.1, 0.15) is 6.04 Å². The number of hydrogen-bond donors (Lipinski definition) is 1. The van der Waals surface area contributed by atoms with Crippen LogP contribution in [0.15, 0.2) is 0 Å². The number of nitrogens with zero attached hydrogens (tertiary/aromatic N) is 1. The number of hydrogen-bond acceptors (Lipinski definition) is 3. The molecule has 0 radical (unpaired) electrons. The number of carbonyl (C=O) groups excluding carboxylic acids is 2. The molecule has 1 N–H and O–H groups in total. The van der Waals surface area contributed by atoms with Crippen molar-refractivity contribution in [1.29, 1.82) is 0 Å². The molecule has 104 valence electrons. The second kappa shape index (κ2) is 7.36. The Bertz CT molecular complexity index is 294. The summed E-state index contributed by atoms with van der Waals surface area (Å²) in [5, 5.41) is 2.78. The molecule has 2 amide bonds. The molecule has 0 aromatic carbocycles. The quantitative estimate of drug-likeness (QED) is 0.685. The average molecular weight is 256 g/mol. The van der Waals surface area contributed by atoms with Crippen molar-refractivity contribution in [2.24, 2.45) is 5.92 Å². The number of ether oxygens (including phenoxy) is 1. The normalized spacial score (nSPS) is 21.9. The minimum absolute atomic E-state index is 0.0176. The molecule has 1 saturated heterocycles. The minimum atomic E-state index is -0.373. The van der Waals surface area contributed by atoms with Gasteiger partial charge in [0, 0.05) is 13.2 Å². The maximum Gasteiger partial charge on any atom is 0.245 e. The molecule has 1 aliphatic rings. The molecule has 1 heterocycles. The van der Waals surface area contributed by atoms with Gasteiger partial charge < -0.3 is 15.0 Å². The van der Waals surface area contributed by atoms with Crippen LogP contribution in [0.25, 0.3) is 0 Å². The zero-order valence-corrected chi connectivity index (χ0v) is 11.6. The molecule has 18 heavy (non-hydrogen) atoms. The van der Waals surface area contributed by atoms with Crippen molar-refractivity contribution in [2.45, 2.75) is 39.7 Å². The summed E-state index contributed by atoms with van der Waals surface area (Å²) in [6.45, 7) is 7.90. The fraction of sp³-hybridized carbons (Fsp3) is 0.846. The van der Waals surface area contributed by atoms with Crippen LogP contribution in [0.3, 0.4) is 0 Å². The highest BCUT2D eigenvalue weighted by molar-refractivity contribution is 5.95. The Morgan fingerprint density at radius 3 is 2.72 bits per heavy atom. The summed E-state index contributed by atoms with van der Waals surface area (Å²) in [6, 6.07) is -0.373. The fourth-order valence-electron chi connectivity index (χ4n) is 1.96. The van der Waals surface area contributed by atoms with E-state index in [2.05, 4.69) is 5.32 Å². The molecule has 1 rings (SSSR count). The average Bonchev–Trinajstić information content (AvgIpc) is 2.37. The van der Waals surface area contributed by atoms with Gasteiger partial charge in [0.25, 0.3) is 0 Å². The Kier molecular flexibility index (Phi) is 6.12. The molecule has 0 spiro atoms. The largest absolute Gasteiger partial charge is 0.380 e. The Morgan fingerprint density at radius 2 is 2.11 bits per heavy atom. The Hall–Kier alpha value is -1.10. The zero-order valence-electron chi connectivity index (χ0n) is 11.6. The van der Waals surface area contributed by atoms with Gasteiger partial charge in [-0.25, -0.2) is 0 Å². The first kappa shape index (κ1) is 15.0. The highest BCUT2D eigenvalue weighted by Crippen LogP contribution is 2.14. The van der Waals surface area contributed by atoms with Crippen LogP contribution in [-0.2, 0) is 14.3 Å². The molecule has 5 nitrogen and oxygen atoms in total. The summed E-state index contributed by atoms with van der Waals surface area (Å²) in [5.74, 6) is 0.111. The zero-order chi connectivity index (χ0) is 13.5. The first-order valence-electron chi connectivity index (χ1n) is 6.76. The number of rotatable bonds is 7. The summed E-state index contributed by atoms with van der Waals surface area (Å²) < 4.78 is 5.37. The minimum Gasteiger partial charge on any atom is -0.380 e. The molecule has 0 aromatic heterocycles. The molecule has 0 aliphatic carbocycles. The highest BCUT2D eigenvalue weighted by atomic mass is 16.5. The molecule has 0 saturated carbocycles. The van der Waals surface area contributed by atoms with E-state index in [0.717, 1.165) is 12.8 Å². The third kappa shape index (κ3) is 3.98. The van der Waals surface area contributed by atoms with Crippen molar-refractivity contribution in [3.63, 3.8) is 0 Å². The van der Waals surface area contributed by atoms with Crippen LogP contribution in [0.2, 0.25) is 0 Å². The van der Waals surface area contributed by atoms with Gasteiger partial charge in [-0.15, -0.1) is 0 Å². The summed E-state index contributed by atoms with van der Waals surface area (Å²) in [4.78, 5) is 25.4. The van der Waals surface area contributed by atoms with Crippen molar-refractivity contribution in [1.82, 2.24) is 10.2 Å². The van der Waals surface area contributed by atoms with E-state index < -0.39 is 0 Å². The lowest BCUT2D eigenvalue weighted by molar-refractivity contribution is -0.146. The smallest absolute Gasteiger partial charge is 0.245 e. The fourth-order valence-corrected chi connectivity index (χ4v) is 1.96. The monoisotopic (exact) mass is 256 g/mol. The van der Waals surface area contributed by atoms with Gasteiger partial charge >= 0.3 is 0 Å². The van der Waals surface area contributed by atoms with Crippen LogP contribution in [0.5, 0.6) is 0 Å². The number of piperazine rings is 1. The van der Waals surface area contributed by atoms with E-state index in [0.29, 0.717) is 19.8 Å². The van der Waals surface area contributed by atoms with Crippen LogP contribution in [0.1, 0.15) is 33.6 Å². The van der Waals surface area contributed by atoms with Crippen molar-refractivity contribution in [3.8, 4) is 0 Å². The predicted octanol–water partition coefficient (Wildman–Crippen LogP) is 0.786. The molecular formula is C13H24N2O3. The second-order valence-electron chi connectivity index (χ2n) is 4.80. The molecule has 2 atom stereocenters. The van der Waals surface area contributed by atoms with Crippen molar-refractivity contribution < 1.29 is 14.3 Å². The lowest BCUT2D eigenvalue weighted by Gasteiger charge is -2.35. The maximum absolute atomic E-state index is 12.2. The van der Waals surface area contributed by atoms with E-state index in [1.165, 1.54) is 0 Å². The second-order valence-corrected chi connectivity index (χ2v) is 4.80. The third-order valence-electron chi connectivity index (χ3n) is 3.30. The maximum atomic E-state index is 12.2. The van der Waals surface area contributed by atoms with E-state index in [-0.39, 0.29) is 30.3 Å². The first-order valence-corrected chi connectivity index (χ1v) is 6.76. The van der Waals surface area contributed by atoms with Gasteiger partial charge in [-0.2, -0.15) is 0 Å². The molecule has 0 aromatic rings. The first-order chi connectivity index (χ1) is 8.60. The highest BCUT2D eigenvalue weighted by Gasteiger charge is 2.34. The van der Waals surface area contributed by atoms with Gasteiger partial charge in [0.2, 0.25) is 11.8 Å². The Labute approximate surface area is 109 Å². The number of nitrogens with one attached hydrogen (secondary N) is 1. The van der Waals surface area contributed by atoms with E-state index in [9.17, 15) is 9.59 Å². The van der Waals surface area contributed by atoms with Crippen LogP contribution < -0.4 is 5.32 Å². The lowest BCUT2D eigenvalue weighted by atomic mass is 9.96. The van der Waals surface area contributed by atoms with Gasteiger partial charge in [-0.05, 0) is 12.3 Å². The van der Waals surface area contributed by atoms with Gasteiger partial charge in [-0.3, -0.25) is 9.59 Å². The van der Waals surface area contributed by atoms with Crippen molar-refractivity contribution >= 4 is 11.8 Å². The lowest BCUT2D eigenvalue weighted by Crippen LogP contribution is -2.60. The Morgan fingerprint density at radius 1 is 1.39 bits per heavy atom. The van der Waals surface area contributed by atoms with Crippen LogP contribution >= 0.6 is 0 Å². The standard InChI is InChI=1S/C13H24N2O3/c1-4-7-18-8-6-15-9-11(16)14-12(13(15)17)10(3)5-2/h10,12H,4-9H2,1-3H3,(H,14,16). The van der Waals surface area contributed by atoms with E-state index in [4.69, 9.17) is 4.74 Å². The summed E-state index contributed by atoms with van der Waals surface area (Å²) in [7, 11) is 0. The molecular weight excluding hydrogens is 232 g/mol. The SMILES string of the molecule is CCCOCCN1CC(=O)NC(C(C)CC)C1=O. The molecule has 1 aliphatic heterocycles. The van der Waals surface area contributed by atoms with Gasteiger partial charge in [0.05, 0.1) is 13.2 Å². The van der Waals surface area contributed by atoms with Gasteiger partial charge in [0.15, 0.2) is 0 Å². The van der Waals surface area contributed by atoms with E-state index in [1.54, 1.807) is 4.90 Å². The van der Waals surface area contributed by atoms with Crippen molar-refractivity contribution in [3.05, 3.63) is 0 Å². The molecule has 5 heteroatoms. The summed E-state index contributed by atoms with van der Waals surface area (Å²) >= 11 is 0. The van der Waals surface area contributed by atoms with E-state index in [1.807, 2.05) is 20.8 Å². The molecule has 0 bridgehead atoms. The van der Waals surface area contributed by atoms with Crippen LogP contribution in [0.4, 0.5) is 0 Å². The molecule has 2 unspecified atom stereocenters. The predicted molar refractivity (Wildman–Crippen MR) is 69.1 cm³/mol. The molecule has 1 fully saturated rings. The van der Waals surface area contributed by atoms with Crippen LogP contribution in [-0.4, -0.2) is 49.1 Å². The van der Waals surface area contributed by atoms with Crippen molar-refractivity contribution in [2.75, 3.05) is 26.3 Å².